The lowest BCUT2D eigenvalue weighted by atomic mass is 10.0. The second-order valence-electron chi connectivity index (χ2n) is 17.6. The van der Waals surface area contributed by atoms with Gasteiger partial charge in [0.1, 0.15) is 0 Å². The summed E-state index contributed by atoms with van der Waals surface area (Å²) in [5.74, 6) is -0.0641. The molecule has 328 valence electrons. The minimum Gasteiger partial charge on any atom is -0.394 e. The summed E-state index contributed by atoms with van der Waals surface area (Å²) >= 11 is 0. The Morgan fingerprint density at radius 3 is 0.945 bits per heavy atom. The zero-order valence-electron chi connectivity index (χ0n) is 37.7. The topological polar surface area (TPSA) is 69.6 Å². The number of hydrogen-bond donors (Lipinski definition) is 3. The number of unbranched alkanes of at least 4 members (excludes halogenated alkanes) is 40. The van der Waals surface area contributed by atoms with Gasteiger partial charge in [-0.25, -0.2) is 0 Å². The molecule has 0 aromatic heterocycles. The lowest BCUT2D eigenvalue weighted by Crippen LogP contribution is -2.45. The van der Waals surface area contributed by atoms with Crippen LogP contribution in [-0.4, -0.2) is 34.9 Å². The van der Waals surface area contributed by atoms with E-state index in [0.717, 1.165) is 25.7 Å². The molecule has 4 nitrogen and oxygen atoms in total. The molecule has 0 saturated heterocycles. The maximum absolute atomic E-state index is 12.3. The van der Waals surface area contributed by atoms with Crippen molar-refractivity contribution in [3.63, 3.8) is 0 Å². The molecule has 2 atom stereocenters. The number of allylic oxidation sites excluding steroid dienone is 1. The molecule has 0 aliphatic rings. The Kier molecular flexibility index (Phi) is 46.8. The first-order valence-electron chi connectivity index (χ1n) is 25.4. The van der Waals surface area contributed by atoms with Crippen molar-refractivity contribution < 1.29 is 15.0 Å². The summed E-state index contributed by atoms with van der Waals surface area (Å²) in [5, 5.41) is 22.7. The zero-order chi connectivity index (χ0) is 40.0. The fourth-order valence-corrected chi connectivity index (χ4v) is 8.12. The summed E-state index contributed by atoms with van der Waals surface area (Å²) < 4.78 is 0. The summed E-state index contributed by atoms with van der Waals surface area (Å²) in [6.07, 6.45) is 61.2. The van der Waals surface area contributed by atoms with Crippen LogP contribution in [0.25, 0.3) is 0 Å². The highest BCUT2D eigenvalue weighted by atomic mass is 16.3. The SMILES string of the molecule is CCCCCC/C=C/C(O)C(CO)NC(=O)CCCCCCCCCCCCCCCCCCCCCCCCCCCCCCCCCCCCCCC. The average molecular weight is 776 g/mol. The molecule has 0 fully saturated rings. The smallest absolute Gasteiger partial charge is 0.220 e. The molecule has 3 N–H and O–H groups in total. The van der Waals surface area contributed by atoms with Crippen molar-refractivity contribution in [1.82, 2.24) is 5.32 Å². The Hall–Kier alpha value is -0.870. The lowest BCUT2D eigenvalue weighted by Gasteiger charge is -2.20. The summed E-state index contributed by atoms with van der Waals surface area (Å²) in [5.41, 5.74) is 0. The molecular formula is C51H101NO3. The molecule has 1 amide bonds. The molecule has 0 aromatic carbocycles. The third kappa shape index (κ3) is 44.1. The van der Waals surface area contributed by atoms with Gasteiger partial charge in [0.05, 0.1) is 18.8 Å². The first-order chi connectivity index (χ1) is 27.2. The first kappa shape index (κ1) is 54.1. The van der Waals surface area contributed by atoms with Crippen LogP contribution in [0.5, 0.6) is 0 Å². The highest BCUT2D eigenvalue weighted by molar-refractivity contribution is 5.76. The van der Waals surface area contributed by atoms with Crippen molar-refractivity contribution in [3.8, 4) is 0 Å². The van der Waals surface area contributed by atoms with Gasteiger partial charge in [-0.3, -0.25) is 4.79 Å². The number of nitrogens with one attached hydrogen (secondary N) is 1. The minimum atomic E-state index is -0.831. The Labute approximate surface area is 346 Å². The molecule has 2 unspecified atom stereocenters. The molecule has 0 aromatic rings. The monoisotopic (exact) mass is 776 g/mol. The van der Waals surface area contributed by atoms with Crippen LogP contribution in [0, 0.1) is 0 Å². The standard InChI is InChI=1S/C51H101NO3/c1-3-5-7-9-11-12-13-14-15-16-17-18-19-20-21-22-23-24-25-26-27-28-29-30-31-32-33-34-35-36-37-38-39-40-41-43-45-47-51(55)52-49(48-53)50(54)46-44-42-10-8-6-4-2/h44,46,49-50,53-54H,3-43,45,47-48H2,1-2H3,(H,52,55)/b46-44+. The van der Waals surface area contributed by atoms with Crippen LogP contribution >= 0.6 is 0 Å². The van der Waals surface area contributed by atoms with Crippen molar-refractivity contribution in [3.05, 3.63) is 12.2 Å². The molecule has 0 aliphatic carbocycles. The van der Waals surface area contributed by atoms with Gasteiger partial charge in [0.2, 0.25) is 5.91 Å². The van der Waals surface area contributed by atoms with Gasteiger partial charge in [-0.15, -0.1) is 0 Å². The molecule has 0 saturated carbocycles. The fourth-order valence-electron chi connectivity index (χ4n) is 8.12. The van der Waals surface area contributed by atoms with Crippen molar-refractivity contribution in [1.29, 1.82) is 0 Å². The van der Waals surface area contributed by atoms with Gasteiger partial charge in [0, 0.05) is 6.42 Å². The lowest BCUT2D eigenvalue weighted by molar-refractivity contribution is -0.123. The van der Waals surface area contributed by atoms with Crippen LogP contribution in [0.3, 0.4) is 0 Å². The van der Waals surface area contributed by atoms with Gasteiger partial charge in [-0.1, -0.05) is 276 Å². The fraction of sp³-hybridized carbons (Fsp3) is 0.941. The van der Waals surface area contributed by atoms with E-state index in [1.165, 1.54) is 244 Å². The van der Waals surface area contributed by atoms with E-state index in [1.54, 1.807) is 6.08 Å². The predicted molar refractivity (Wildman–Crippen MR) is 244 cm³/mol. The number of rotatable bonds is 47. The second-order valence-corrected chi connectivity index (χ2v) is 17.6. The van der Waals surface area contributed by atoms with Gasteiger partial charge in [-0.2, -0.15) is 0 Å². The molecule has 0 radical (unpaired) electrons. The quantitative estimate of drug-likeness (QED) is 0.0426. The first-order valence-corrected chi connectivity index (χ1v) is 25.4. The van der Waals surface area contributed by atoms with Crippen molar-refractivity contribution >= 4 is 5.91 Å². The van der Waals surface area contributed by atoms with Gasteiger partial charge < -0.3 is 15.5 Å². The summed E-state index contributed by atoms with van der Waals surface area (Å²) in [6.45, 7) is 4.26. The molecule has 0 rings (SSSR count). The normalized spacial score (nSPS) is 12.9. The van der Waals surface area contributed by atoms with E-state index in [0.29, 0.717) is 6.42 Å². The van der Waals surface area contributed by atoms with Crippen LogP contribution in [0.15, 0.2) is 12.2 Å². The number of carbonyl (C=O) groups excluding carboxylic acids is 1. The zero-order valence-corrected chi connectivity index (χ0v) is 37.7. The van der Waals surface area contributed by atoms with Gasteiger partial charge in [-0.05, 0) is 19.3 Å². The summed E-state index contributed by atoms with van der Waals surface area (Å²) in [7, 11) is 0. The molecule has 0 aliphatic heterocycles. The minimum absolute atomic E-state index is 0.0641. The van der Waals surface area contributed by atoms with Crippen LogP contribution in [0.2, 0.25) is 0 Å². The number of amides is 1. The maximum Gasteiger partial charge on any atom is 0.220 e. The van der Waals surface area contributed by atoms with Crippen LogP contribution in [0.4, 0.5) is 0 Å². The van der Waals surface area contributed by atoms with E-state index in [9.17, 15) is 15.0 Å². The van der Waals surface area contributed by atoms with Crippen LogP contribution in [0.1, 0.15) is 290 Å². The molecular weight excluding hydrogens is 675 g/mol. The molecule has 4 heteroatoms. The van der Waals surface area contributed by atoms with Crippen molar-refractivity contribution in [2.24, 2.45) is 0 Å². The van der Waals surface area contributed by atoms with Crippen molar-refractivity contribution in [2.75, 3.05) is 6.61 Å². The Balaban J connectivity index is 3.27. The average Bonchev–Trinajstić information content (AvgIpc) is 3.19. The Morgan fingerprint density at radius 1 is 0.418 bits per heavy atom. The number of carbonyl (C=O) groups is 1. The third-order valence-corrected chi connectivity index (χ3v) is 12.0. The molecule has 0 heterocycles. The van der Waals surface area contributed by atoms with Crippen molar-refractivity contribution in [2.45, 2.75) is 302 Å². The van der Waals surface area contributed by atoms with E-state index in [2.05, 4.69) is 19.2 Å². The highest BCUT2D eigenvalue weighted by Crippen LogP contribution is 2.18. The van der Waals surface area contributed by atoms with Gasteiger partial charge in [0.25, 0.3) is 0 Å². The second kappa shape index (κ2) is 47.5. The van der Waals surface area contributed by atoms with E-state index in [4.69, 9.17) is 0 Å². The van der Waals surface area contributed by atoms with E-state index < -0.39 is 12.1 Å². The molecule has 0 spiro atoms. The molecule has 55 heavy (non-hydrogen) atoms. The number of aliphatic hydroxyl groups is 2. The number of aliphatic hydroxyl groups excluding tert-OH is 2. The third-order valence-electron chi connectivity index (χ3n) is 12.0. The van der Waals surface area contributed by atoms with E-state index in [-0.39, 0.29) is 12.5 Å². The maximum atomic E-state index is 12.3. The Morgan fingerprint density at radius 2 is 0.673 bits per heavy atom. The van der Waals surface area contributed by atoms with E-state index >= 15 is 0 Å². The predicted octanol–water partition coefficient (Wildman–Crippen LogP) is 16.2. The van der Waals surface area contributed by atoms with Gasteiger partial charge in [0.15, 0.2) is 0 Å². The molecule has 0 bridgehead atoms. The van der Waals surface area contributed by atoms with E-state index in [1.807, 2.05) is 6.08 Å². The largest absolute Gasteiger partial charge is 0.394 e. The van der Waals surface area contributed by atoms with Crippen LogP contribution in [-0.2, 0) is 4.79 Å². The highest BCUT2D eigenvalue weighted by Gasteiger charge is 2.18. The summed E-state index contributed by atoms with van der Waals surface area (Å²) in [6, 6.07) is -0.614. The van der Waals surface area contributed by atoms with Crippen LogP contribution < -0.4 is 5.32 Å². The summed E-state index contributed by atoms with van der Waals surface area (Å²) in [4.78, 5) is 12.3. The van der Waals surface area contributed by atoms with Gasteiger partial charge >= 0.3 is 0 Å². The Bertz CT molecular complexity index is 754. The number of hydrogen-bond acceptors (Lipinski definition) is 3.